The van der Waals surface area contributed by atoms with Crippen LogP contribution in [0.5, 0.6) is 0 Å². The molecule has 0 fully saturated rings. The van der Waals surface area contributed by atoms with Crippen molar-refractivity contribution < 1.29 is 0 Å². The lowest BCUT2D eigenvalue weighted by molar-refractivity contribution is 1.28. The van der Waals surface area contributed by atoms with Crippen LogP contribution in [0.25, 0.3) is 0 Å². The fraction of sp³-hybridized carbons (Fsp3) is 0.154. The van der Waals surface area contributed by atoms with Gasteiger partial charge in [-0.2, -0.15) is 0 Å². The van der Waals surface area contributed by atoms with Gasteiger partial charge in [0, 0.05) is 31.2 Å². The molecular formula is C13H16N2. The summed E-state index contributed by atoms with van der Waals surface area (Å²) >= 11 is 0. The second-order valence-corrected chi connectivity index (χ2v) is 2.47. The van der Waals surface area contributed by atoms with E-state index in [2.05, 4.69) is 15.9 Å². The quantitative estimate of drug-likeness (QED) is 0.650. The van der Waals surface area contributed by atoms with Crippen LogP contribution >= 0.6 is 0 Å². The number of rotatable bonds is 0. The van der Waals surface area contributed by atoms with E-state index in [9.17, 15) is 0 Å². The highest BCUT2D eigenvalue weighted by Gasteiger charge is 1.58. The van der Waals surface area contributed by atoms with Crippen LogP contribution in [0.1, 0.15) is 13.3 Å². The summed E-state index contributed by atoms with van der Waals surface area (Å²) in [5, 5.41) is 0. The average molecular weight is 200 g/mol. The van der Waals surface area contributed by atoms with Gasteiger partial charge in [0.05, 0.1) is 0 Å². The van der Waals surface area contributed by atoms with Crippen LogP contribution in [0.2, 0.25) is 0 Å². The smallest absolute Gasteiger partial charge is 0.0267 e. The van der Waals surface area contributed by atoms with Crippen LogP contribution in [0.15, 0.2) is 55.1 Å². The number of nitrogens with zero attached hydrogens (tertiary/aromatic N) is 1. The fourth-order valence-electron chi connectivity index (χ4n) is 0.590. The molecule has 2 heterocycles. The lowest BCUT2D eigenvalue weighted by Gasteiger charge is -1.70. The van der Waals surface area contributed by atoms with E-state index in [0.717, 1.165) is 6.42 Å². The maximum absolute atomic E-state index is 4.78. The fourth-order valence-corrected chi connectivity index (χ4v) is 0.590. The molecule has 0 amide bonds. The van der Waals surface area contributed by atoms with E-state index < -0.39 is 0 Å². The Morgan fingerprint density at radius 2 is 1.60 bits per heavy atom. The van der Waals surface area contributed by atoms with Gasteiger partial charge in [0.2, 0.25) is 0 Å². The minimum Gasteiger partial charge on any atom is -0.368 e. The molecule has 0 spiro atoms. The molecule has 0 bridgehead atoms. The number of hydrogen-bond acceptors (Lipinski definition) is 1. The summed E-state index contributed by atoms with van der Waals surface area (Å²) in [6.45, 7) is 1.94. The second kappa shape index (κ2) is 12.0. The molecule has 2 nitrogen and oxygen atoms in total. The maximum atomic E-state index is 4.78. The van der Waals surface area contributed by atoms with Crippen molar-refractivity contribution in [3.63, 3.8) is 0 Å². The number of hydrogen-bond donors (Lipinski definition) is 1. The summed E-state index contributed by atoms with van der Waals surface area (Å²) in [4.78, 5) is 6.65. The molecule has 0 radical (unpaired) electrons. The first-order chi connectivity index (χ1) is 7.41. The first kappa shape index (κ1) is 13.0. The van der Waals surface area contributed by atoms with Gasteiger partial charge in [-0.05, 0) is 24.3 Å². The largest absolute Gasteiger partial charge is 0.368 e. The molecule has 0 aliphatic rings. The Balaban J connectivity index is 0.000000202. The third-order valence-corrected chi connectivity index (χ3v) is 1.27. The van der Waals surface area contributed by atoms with E-state index >= 15 is 0 Å². The Labute approximate surface area is 91.4 Å². The third kappa shape index (κ3) is 12.0. The SMILES string of the molecule is C#CCC.c1cc[nH]c1.c1ccncc1. The van der Waals surface area contributed by atoms with Crippen molar-refractivity contribution in [1.82, 2.24) is 9.97 Å². The molecule has 2 heteroatoms. The molecule has 0 saturated carbocycles. The third-order valence-electron chi connectivity index (χ3n) is 1.27. The Hall–Kier alpha value is -2.01. The van der Waals surface area contributed by atoms with Crippen LogP contribution in [-0.2, 0) is 0 Å². The zero-order chi connectivity index (χ0) is 11.2. The summed E-state index contributed by atoms with van der Waals surface area (Å²) in [6.07, 6.45) is 12.9. The molecule has 2 aromatic heterocycles. The Morgan fingerprint density at radius 1 is 1.07 bits per heavy atom. The van der Waals surface area contributed by atoms with E-state index in [1.54, 1.807) is 12.4 Å². The van der Waals surface area contributed by atoms with Crippen LogP contribution in [-0.4, -0.2) is 9.97 Å². The minimum absolute atomic E-state index is 0.847. The first-order valence-corrected chi connectivity index (χ1v) is 4.78. The summed E-state index contributed by atoms with van der Waals surface area (Å²) in [7, 11) is 0. The van der Waals surface area contributed by atoms with Crippen LogP contribution < -0.4 is 0 Å². The van der Waals surface area contributed by atoms with Crippen molar-refractivity contribution in [2.75, 3.05) is 0 Å². The first-order valence-electron chi connectivity index (χ1n) is 4.78. The van der Waals surface area contributed by atoms with Crippen LogP contribution in [0, 0.1) is 12.3 Å². The molecule has 15 heavy (non-hydrogen) atoms. The molecule has 0 saturated heterocycles. The Morgan fingerprint density at radius 3 is 1.73 bits per heavy atom. The number of aromatic amines is 1. The molecule has 0 atom stereocenters. The maximum Gasteiger partial charge on any atom is 0.0267 e. The molecule has 0 aliphatic carbocycles. The van der Waals surface area contributed by atoms with Crippen LogP contribution in [0.3, 0.4) is 0 Å². The standard InChI is InChI=1S/C5H5N.C4H5N.C4H6/c1-2-4-6-5-3-1;1-2-4-5-3-1;1-3-4-2/h1-5H;1-5H;1H,4H2,2H3. The predicted molar refractivity (Wildman–Crippen MR) is 64.2 cm³/mol. The summed E-state index contributed by atoms with van der Waals surface area (Å²) in [5.74, 6) is 2.43. The van der Waals surface area contributed by atoms with Gasteiger partial charge < -0.3 is 4.98 Å². The Kier molecular flexibility index (Phi) is 10.4. The Bertz CT molecular complexity index is 275. The van der Waals surface area contributed by atoms with Gasteiger partial charge in [0.25, 0.3) is 0 Å². The predicted octanol–water partition coefficient (Wildman–Crippen LogP) is 3.13. The number of pyridine rings is 1. The van der Waals surface area contributed by atoms with E-state index in [1.807, 2.05) is 49.6 Å². The van der Waals surface area contributed by atoms with Gasteiger partial charge in [-0.3, -0.25) is 4.98 Å². The monoisotopic (exact) mass is 200 g/mol. The number of terminal acetylenes is 1. The van der Waals surface area contributed by atoms with Crippen molar-refractivity contribution in [3.8, 4) is 12.3 Å². The van der Waals surface area contributed by atoms with Crippen molar-refractivity contribution in [2.24, 2.45) is 0 Å². The zero-order valence-corrected chi connectivity index (χ0v) is 8.93. The highest BCUT2D eigenvalue weighted by molar-refractivity contribution is 4.88. The van der Waals surface area contributed by atoms with Gasteiger partial charge in [-0.15, -0.1) is 12.3 Å². The van der Waals surface area contributed by atoms with E-state index in [0.29, 0.717) is 0 Å². The van der Waals surface area contributed by atoms with Crippen LogP contribution in [0.4, 0.5) is 0 Å². The molecule has 0 unspecified atom stereocenters. The molecule has 1 N–H and O–H groups in total. The van der Waals surface area contributed by atoms with Gasteiger partial charge in [-0.25, -0.2) is 0 Å². The lowest BCUT2D eigenvalue weighted by atomic mass is 10.5. The number of H-pyrrole nitrogens is 1. The summed E-state index contributed by atoms with van der Waals surface area (Å²) in [6, 6.07) is 9.60. The van der Waals surface area contributed by atoms with E-state index in [4.69, 9.17) is 6.42 Å². The van der Waals surface area contributed by atoms with Gasteiger partial charge in [-0.1, -0.05) is 13.0 Å². The average Bonchev–Trinajstić information content (AvgIpc) is 2.90. The van der Waals surface area contributed by atoms with Gasteiger partial charge in [0.1, 0.15) is 0 Å². The highest BCUT2D eigenvalue weighted by atomic mass is 14.6. The van der Waals surface area contributed by atoms with Gasteiger partial charge in [0.15, 0.2) is 0 Å². The second-order valence-electron chi connectivity index (χ2n) is 2.47. The molecule has 2 aromatic rings. The van der Waals surface area contributed by atoms with E-state index in [1.165, 1.54) is 0 Å². The minimum atomic E-state index is 0.847. The van der Waals surface area contributed by atoms with E-state index in [-0.39, 0.29) is 0 Å². The highest BCUT2D eigenvalue weighted by Crippen LogP contribution is 1.73. The van der Waals surface area contributed by atoms with Crippen molar-refractivity contribution in [2.45, 2.75) is 13.3 Å². The summed E-state index contributed by atoms with van der Waals surface area (Å²) < 4.78 is 0. The van der Waals surface area contributed by atoms with Crippen molar-refractivity contribution >= 4 is 0 Å². The molecule has 0 aliphatic heterocycles. The van der Waals surface area contributed by atoms with Crippen molar-refractivity contribution in [1.29, 1.82) is 0 Å². The topological polar surface area (TPSA) is 28.7 Å². The van der Waals surface area contributed by atoms with Crippen molar-refractivity contribution in [3.05, 3.63) is 55.1 Å². The number of nitrogens with one attached hydrogen (secondary N) is 1. The normalized spacial score (nSPS) is 7.20. The molecule has 0 aromatic carbocycles. The number of aromatic nitrogens is 2. The molecule has 78 valence electrons. The molecular weight excluding hydrogens is 184 g/mol. The lowest BCUT2D eigenvalue weighted by Crippen LogP contribution is -1.58. The van der Waals surface area contributed by atoms with Gasteiger partial charge >= 0.3 is 0 Å². The molecule has 2 rings (SSSR count). The summed E-state index contributed by atoms with van der Waals surface area (Å²) in [5.41, 5.74) is 0. The zero-order valence-electron chi connectivity index (χ0n) is 8.93.